The summed E-state index contributed by atoms with van der Waals surface area (Å²) in [5.41, 5.74) is 2.82. The zero-order valence-electron chi connectivity index (χ0n) is 13.3. The Balaban J connectivity index is 2.41. The molecular weight excluding hydrogens is 292 g/mol. The van der Waals surface area contributed by atoms with E-state index >= 15 is 0 Å². The van der Waals surface area contributed by atoms with Crippen LogP contribution in [-0.4, -0.2) is 24.0 Å². The van der Waals surface area contributed by atoms with Crippen molar-refractivity contribution in [1.82, 2.24) is 0 Å². The minimum atomic E-state index is -1.13. The van der Waals surface area contributed by atoms with Crippen LogP contribution in [0.3, 0.4) is 0 Å². The molecule has 0 unspecified atom stereocenters. The Morgan fingerprint density at radius 2 is 1.52 bits per heavy atom. The number of hydrogen-bond acceptors (Lipinski definition) is 3. The predicted octanol–water partition coefficient (Wildman–Crippen LogP) is 3.66. The van der Waals surface area contributed by atoms with Crippen LogP contribution in [0.2, 0.25) is 0 Å². The summed E-state index contributed by atoms with van der Waals surface area (Å²) in [6.07, 6.45) is 1.17. The summed E-state index contributed by atoms with van der Waals surface area (Å²) in [6.45, 7) is 3.78. The van der Waals surface area contributed by atoms with E-state index in [9.17, 15) is 14.7 Å². The largest absolute Gasteiger partial charge is 0.497 e. The van der Waals surface area contributed by atoms with Gasteiger partial charge in [0.25, 0.3) is 0 Å². The first kappa shape index (κ1) is 16.5. The Bertz CT molecular complexity index is 750. The van der Waals surface area contributed by atoms with E-state index in [4.69, 9.17) is 4.74 Å². The number of hydrogen-bond donors (Lipinski definition) is 1. The summed E-state index contributed by atoms with van der Waals surface area (Å²) in [5.74, 6) is -0.848. The predicted molar refractivity (Wildman–Crippen MR) is 88.9 cm³/mol. The lowest BCUT2D eigenvalue weighted by Crippen LogP contribution is -2.05. The molecular formula is C19H18O4. The summed E-state index contributed by atoms with van der Waals surface area (Å²) < 4.78 is 5.04. The number of rotatable bonds is 5. The van der Waals surface area contributed by atoms with Gasteiger partial charge in [-0.15, -0.1) is 0 Å². The molecule has 0 saturated carbocycles. The molecule has 0 aromatic heterocycles. The third-order valence-electron chi connectivity index (χ3n) is 3.41. The molecule has 1 N–H and O–H groups in total. The summed E-state index contributed by atoms with van der Waals surface area (Å²) in [5, 5.41) is 9.45. The average Bonchev–Trinajstić information content (AvgIpc) is 2.51. The topological polar surface area (TPSA) is 63.6 Å². The zero-order chi connectivity index (χ0) is 17.0. The number of aliphatic carboxylic acids is 1. The molecule has 4 heteroatoms. The van der Waals surface area contributed by atoms with Gasteiger partial charge in [-0.05, 0) is 43.7 Å². The van der Waals surface area contributed by atoms with Gasteiger partial charge in [0.1, 0.15) is 5.75 Å². The molecule has 2 aromatic rings. The van der Waals surface area contributed by atoms with Crippen LogP contribution in [0.25, 0.3) is 5.57 Å². The Morgan fingerprint density at radius 3 is 2.00 bits per heavy atom. The van der Waals surface area contributed by atoms with Crippen LogP contribution >= 0.6 is 0 Å². The first-order valence-corrected chi connectivity index (χ1v) is 7.12. The van der Waals surface area contributed by atoms with Crippen LogP contribution in [0.1, 0.15) is 27.0 Å². The summed E-state index contributed by atoms with van der Waals surface area (Å²) in [7, 11) is 1.54. The number of aryl methyl sites for hydroxylation is 2. The molecule has 0 aliphatic heterocycles. The highest BCUT2D eigenvalue weighted by atomic mass is 16.5. The molecule has 0 bridgehead atoms. The van der Waals surface area contributed by atoms with Crippen molar-refractivity contribution in [2.45, 2.75) is 13.8 Å². The van der Waals surface area contributed by atoms with Crippen LogP contribution in [0.4, 0.5) is 0 Å². The Kier molecular flexibility index (Phi) is 4.96. The highest BCUT2D eigenvalue weighted by Gasteiger charge is 2.14. The van der Waals surface area contributed by atoms with E-state index in [1.54, 1.807) is 43.5 Å². The van der Waals surface area contributed by atoms with E-state index in [0.717, 1.165) is 11.1 Å². The fraction of sp³-hybridized carbons (Fsp3) is 0.158. The smallest absolute Gasteiger partial charge is 0.336 e. The van der Waals surface area contributed by atoms with Crippen molar-refractivity contribution < 1.29 is 19.4 Å². The van der Waals surface area contributed by atoms with Crippen molar-refractivity contribution in [2.75, 3.05) is 7.11 Å². The van der Waals surface area contributed by atoms with Crippen molar-refractivity contribution in [3.63, 3.8) is 0 Å². The molecule has 0 heterocycles. The third-order valence-corrected chi connectivity index (χ3v) is 3.41. The van der Waals surface area contributed by atoms with Crippen molar-refractivity contribution >= 4 is 17.3 Å². The van der Waals surface area contributed by atoms with Crippen LogP contribution in [0.5, 0.6) is 5.75 Å². The van der Waals surface area contributed by atoms with Crippen LogP contribution in [0, 0.1) is 13.8 Å². The SMILES string of the molecule is COc1ccc(C(=O)C=C(C(=O)O)c2cc(C)cc(C)c2)cc1. The molecule has 0 atom stereocenters. The average molecular weight is 310 g/mol. The Labute approximate surface area is 135 Å². The maximum Gasteiger partial charge on any atom is 0.336 e. The second-order valence-electron chi connectivity index (χ2n) is 5.33. The maximum absolute atomic E-state index is 12.3. The van der Waals surface area contributed by atoms with E-state index in [1.165, 1.54) is 6.08 Å². The van der Waals surface area contributed by atoms with Crippen LogP contribution in [-0.2, 0) is 4.79 Å². The van der Waals surface area contributed by atoms with Gasteiger partial charge in [0, 0.05) is 11.6 Å². The summed E-state index contributed by atoms with van der Waals surface area (Å²) in [6, 6.07) is 12.0. The van der Waals surface area contributed by atoms with Gasteiger partial charge in [-0.25, -0.2) is 4.79 Å². The van der Waals surface area contributed by atoms with Crippen LogP contribution < -0.4 is 4.74 Å². The van der Waals surface area contributed by atoms with Gasteiger partial charge in [-0.1, -0.05) is 29.3 Å². The highest BCUT2D eigenvalue weighted by Crippen LogP contribution is 2.20. The van der Waals surface area contributed by atoms with Gasteiger partial charge in [0.2, 0.25) is 0 Å². The van der Waals surface area contributed by atoms with E-state index in [1.807, 2.05) is 19.9 Å². The Morgan fingerprint density at radius 1 is 0.957 bits per heavy atom. The van der Waals surface area contributed by atoms with E-state index < -0.39 is 5.97 Å². The molecule has 23 heavy (non-hydrogen) atoms. The fourth-order valence-corrected chi connectivity index (χ4v) is 2.37. The summed E-state index contributed by atoms with van der Waals surface area (Å²) >= 11 is 0. The number of carbonyl (C=O) groups excluding carboxylic acids is 1. The van der Waals surface area contributed by atoms with Gasteiger partial charge in [-0.2, -0.15) is 0 Å². The summed E-state index contributed by atoms with van der Waals surface area (Å²) in [4.78, 5) is 23.9. The van der Waals surface area contributed by atoms with Crippen molar-refractivity contribution in [1.29, 1.82) is 0 Å². The first-order valence-electron chi connectivity index (χ1n) is 7.12. The Hall–Kier alpha value is -2.88. The maximum atomic E-state index is 12.3. The monoisotopic (exact) mass is 310 g/mol. The van der Waals surface area contributed by atoms with Gasteiger partial charge >= 0.3 is 5.97 Å². The van der Waals surface area contributed by atoms with Gasteiger partial charge in [0.05, 0.1) is 12.7 Å². The van der Waals surface area contributed by atoms with E-state index in [0.29, 0.717) is 16.9 Å². The lowest BCUT2D eigenvalue weighted by Gasteiger charge is -2.06. The number of benzene rings is 2. The van der Waals surface area contributed by atoms with Gasteiger partial charge in [0.15, 0.2) is 5.78 Å². The lowest BCUT2D eigenvalue weighted by molar-refractivity contribution is -0.130. The number of ketones is 1. The van der Waals surface area contributed by atoms with E-state index in [2.05, 4.69) is 0 Å². The standard InChI is InChI=1S/C19H18O4/c1-12-8-13(2)10-15(9-12)17(19(21)22)11-18(20)14-4-6-16(23-3)7-5-14/h4-11H,1-3H3,(H,21,22). The molecule has 4 nitrogen and oxygen atoms in total. The molecule has 2 rings (SSSR count). The normalized spacial score (nSPS) is 11.2. The minimum Gasteiger partial charge on any atom is -0.497 e. The number of carbonyl (C=O) groups is 2. The highest BCUT2D eigenvalue weighted by molar-refractivity contribution is 6.23. The molecule has 0 amide bonds. The molecule has 118 valence electrons. The molecule has 0 aliphatic rings. The minimum absolute atomic E-state index is 0.0161. The number of carboxylic acid groups (broad SMARTS) is 1. The van der Waals surface area contributed by atoms with Crippen LogP contribution in [0.15, 0.2) is 48.5 Å². The first-order chi connectivity index (χ1) is 10.9. The second-order valence-corrected chi connectivity index (χ2v) is 5.33. The second kappa shape index (κ2) is 6.92. The van der Waals surface area contributed by atoms with Crippen molar-refractivity contribution in [3.05, 3.63) is 70.8 Å². The van der Waals surface area contributed by atoms with E-state index in [-0.39, 0.29) is 11.4 Å². The molecule has 2 aromatic carbocycles. The number of allylic oxidation sites excluding steroid dienone is 1. The molecule has 0 spiro atoms. The lowest BCUT2D eigenvalue weighted by atomic mass is 9.98. The zero-order valence-corrected chi connectivity index (χ0v) is 13.3. The number of methoxy groups -OCH3 is 1. The van der Waals surface area contributed by atoms with Crippen molar-refractivity contribution in [2.24, 2.45) is 0 Å². The fourth-order valence-electron chi connectivity index (χ4n) is 2.37. The van der Waals surface area contributed by atoms with Gasteiger partial charge in [-0.3, -0.25) is 4.79 Å². The number of ether oxygens (including phenoxy) is 1. The number of carboxylic acids is 1. The third kappa shape index (κ3) is 4.07. The molecule has 0 aliphatic carbocycles. The molecule has 0 radical (unpaired) electrons. The van der Waals surface area contributed by atoms with Crippen molar-refractivity contribution in [3.8, 4) is 5.75 Å². The quantitative estimate of drug-likeness (QED) is 0.676. The van der Waals surface area contributed by atoms with Gasteiger partial charge < -0.3 is 9.84 Å². The molecule has 0 fully saturated rings. The molecule has 0 saturated heterocycles.